The maximum atomic E-state index is 13.6. The SMILES string of the molecule is C[C@H](C(=O)Nc1ccccc1F)n1nc2c(cc1=O)CO[C@@H]2C. The molecule has 2 atom stereocenters. The second-order valence-corrected chi connectivity index (χ2v) is 5.44. The predicted molar refractivity (Wildman–Crippen MR) is 81.4 cm³/mol. The van der Waals surface area contributed by atoms with Gasteiger partial charge in [0.2, 0.25) is 5.91 Å². The van der Waals surface area contributed by atoms with Gasteiger partial charge in [0.1, 0.15) is 11.9 Å². The molecule has 1 aromatic carbocycles. The number of amides is 1. The van der Waals surface area contributed by atoms with Gasteiger partial charge >= 0.3 is 0 Å². The van der Waals surface area contributed by atoms with Crippen LogP contribution in [0.2, 0.25) is 0 Å². The minimum absolute atomic E-state index is 0.0651. The van der Waals surface area contributed by atoms with E-state index in [0.29, 0.717) is 12.3 Å². The number of carbonyl (C=O) groups is 1. The molecule has 0 unspecified atom stereocenters. The Kier molecular flexibility index (Phi) is 3.96. The van der Waals surface area contributed by atoms with Crippen LogP contribution >= 0.6 is 0 Å². The maximum Gasteiger partial charge on any atom is 0.267 e. The third-order valence-electron chi connectivity index (χ3n) is 3.82. The Balaban J connectivity index is 1.87. The summed E-state index contributed by atoms with van der Waals surface area (Å²) in [6.45, 7) is 3.71. The summed E-state index contributed by atoms with van der Waals surface area (Å²) in [6, 6.07) is 6.40. The summed E-state index contributed by atoms with van der Waals surface area (Å²) in [5.74, 6) is -1.06. The summed E-state index contributed by atoms with van der Waals surface area (Å²) in [7, 11) is 0. The Morgan fingerprint density at radius 3 is 2.96 bits per heavy atom. The Morgan fingerprint density at radius 1 is 1.48 bits per heavy atom. The molecule has 1 aromatic heterocycles. The monoisotopic (exact) mass is 317 g/mol. The first-order valence-electron chi connectivity index (χ1n) is 7.27. The van der Waals surface area contributed by atoms with Gasteiger partial charge in [0, 0.05) is 11.6 Å². The van der Waals surface area contributed by atoms with Crippen LogP contribution in [0.25, 0.3) is 0 Å². The molecule has 0 spiro atoms. The number of nitrogens with one attached hydrogen (secondary N) is 1. The largest absolute Gasteiger partial charge is 0.367 e. The summed E-state index contributed by atoms with van der Waals surface area (Å²) < 4.78 is 20.1. The molecule has 0 aliphatic carbocycles. The molecule has 120 valence electrons. The van der Waals surface area contributed by atoms with Crippen LogP contribution in [0, 0.1) is 5.82 Å². The van der Waals surface area contributed by atoms with Crippen molar-refractivity contribution in [3.63, 3.8) is 0 Å². The second-order valence-electron chi connectivity index (χ2n) is 5.44. The standard InChI is InChI=1S/C16H16FN3O3/c1-9(16(22)18-13-6-4-3-5-12(13)17)20-14(21)7-11-8-23-10(2)15(11)19-20/h3-7,9-10H,8H2,1-2H3,(H,18,22)/t9-,10-/m1/s1. The van der Waals surface area contributed by atoms with E-state index in [-0.39, 0.29) is 11.8 Å². The van der Waals surface area contributed by atoms with E-state index < -0.39 is 23.3 Å². The minimum Gasteiger partial charge on any atom is -0.367 e. The van der Waals surface area contributed by atoms with Crippen LogP contribution in [0.3, 0.4) is 0 Å². The average molecular weight is 317 g/mol. The number of fused-ring (bicyclic) bond motifs is 1. The van der Waals surface area contributed by atoms with Gasteiger partial charge in [-0.05, 0) is 26.0 Å². The van der Waals surface area contributed by atoms with Gasteiger partial charge in [-0.25, -0.2) is 9.07 Å². The number of hydrogen-bond acceptors (Lipinski definition) is 4. The fraction of sp³-hybridized carbons (Fsp3) is 0.312. The number of halogens is 1. The van der Waals surface area contributed by atoms with Crippen molar-refractivity contribution in [2.45, 2.75) is 32.6 Å². The molecule has 1 aliphatic rings. The van der Waals surface area contributed by atoms with E-state index in [9.17, 15) is 14.0 Å². The van der Waals surface area contributed by atoms with Gasteiger partial charge in [0.15, 0.2) is 0 Å². The lowest BCUT2D eigenvalue weighted by Crippen LogP contribution is -2.34. The van der Waals surface area contributed by atoms with Crippen LogP contribution in [0.4, 0.5) is 10.1 Å². The summed E-state index contributed by atoms with van der Waals surface area (Å²) in [5, 5.41) is 6.71. The highest BCUT2D eigenvalue weighted by Gasteiger charge is 2.26. The summed E-state index contributed by atoms with van der Waals surface area (Å²) in [6.07, 6.45) is -0.223. The fourth-order valence-electron chi connectivity index (χ4n) is 2.46. The average Bonchev–Trinajstić information content (AvgIpc) is 2.88. The first kappa shape index (κ1) is 15.4. The van der Waals surface area contributed by atoms with Gasteiger partial charge in [-0.2, -0.15) is 5.10 Å². The fourth-order valence-corrected chi connectivity index (χ4v) is 2.46. The molecule has 2 heterocycles. The van der Waals surface area contributed by atoms with Crippen molar-refractivity contribution in [1.82, 2.24) is 9.78 Å². The molecule has 1 amide bonds. The smallest absolute Gasteiger partial charge is 0.267 e. The second kappa shape index (κ2) is 5.92. The zero-order chi connectivity index (χ0) is 16.6. The van der Waals surface area contributed by atoms with Gasteiger partial charge < -0.3 is 10.1 Å². The van der Waals surface area contributed by atoms with Crippen LogP contribution < -0.4 is 10.9 Å². The van der Waals surface area contributed by atoms with Crippen LogP contribution in [0.1, 0.15) is 37.3 Å². The lowest BCUT2D eigenvalue weighted by molar-refractivity contribution is -0.119. The minimum atomic E-state index is -0.875. The van der Waals surface area contributed by atoms with Gasteiger partial charge in [-0.3, -0.25) is 9.59 Å². The predicted octanol–water partition coefficient (Wildman–Crippen LogP) is 2.17. The Bertz CT molecular complexity index is 818. The van der Waals surface area contributed by atoms with Gasteiger partial charge in [-0.1, -0.05) is 12.1 Å². The van der Waals surface area contributed by atoms with Crippen molar-refractivity contribution in [3.8, 4) is 0 Å². The molecule has 3 rings (SSSR count). The zero-order valence-electron chi connectivity index (χ0n) is 12.7. The van der Waals surface area contributed by atoms with Crippen LogP contribution in [0.15, 0.2) is 35.1 Å². The number of benzene rings is 1. The molecule has 2 aromatic rings. The number of ether oxygens (including phenoxy) is 1. The number of aromatic nitrogens is 2. The van der Waals surface area contributed by atoms with E-state index in [1.54, 1.807) is 6.07 Å². The molecule has 0 saturated heterocycles. The number of para-hydroxylation sites is 1. The molecule has 1 N–H and O–H groups in total. The Hall–Kier alpha value is -2.54. The van der Waals surface area contributed by atoms with Crippen molar-refractivity contribution in [3.05, 3.63) is 57.8 Å². The first-order valence-corrected chi connectivity index (χ1v) is 7.27. The molecule has 0 fully saturated rings. The lowest BCUT2D eigenvalue weighted by atomic mass is 10.2. The molecule has 0 bridgehead atoms. The van der Waals surface area contributed by atoms with E-state index in [4.69, 9.17) is 4.74 Å². The molecular formula is C16H16FN3O3. The van der Waals surface area contributed by atoms with Crippen molar-refractivity contribution < 1.29 is 13.9 Å². The highest BCUT2D eigenvalue weighted by atomic mass is 19.1. The van der Waals surface area contributed by atoms with E-state index in [1.165, 1.54) is 31.2 Å². The van der Waals surface area contributed by atoms with Crippen molar-refractivity contribution >= 4 is 11.6 Å². The van der Waals surface area contributed by atoms with Gasteiger partial charge in [0.05, 0.1) is 24.1 Å². The lowest BCUT2D eigenvalue weighted by Gasteiger charge is -2.15. The number of carbonyl (C=O) groups excluding carboxylic acids is 1. The highest BCUT2D eigenvalue weighted by Crippen LogP contribution is 2.27. The maximum absolute atomic E-state index is 13.6. The van der Waals surface area contributed by atoms with Gasteiger partial charge in [-0.15, -0.1) is 0 Å². The van der Waals surface area contributed by atoms with Crippen molar-refractivity contribution in [2.75, 3.05) is 5.32 Å². The Labute approximate surface area is 131 Å². The van der Waals surface area contributed by atoms with E-state index in [2.05, 4.69) is 10.4 Å². The number of rotatable bonds is 3. The summed E-state index contributed by atoms with van der Waals surface area (Å²) in [5.41, 5.74) is 1.06. The zero-order valence-corrected chi connectivity index (χ0v) is 12.7. The summed E-state index contributed by atoms with van der Waals surface area (Å²) >= 11 is 0. The number of hydrogen-bond donors (Lipinski definition) is 1. The molecule has 1 aliphatic heterocycles. The van der Waals surface area contributed by atoms with Crippen LogP contribution in [-0.2, 0) is 16.1 Å². The number of anilines is 1. The molecule has 7 heteroatoms. The van der Waals surface area contributed by atoms with Gasteiger partial charge in [0.25, 0.3) is 5.56 Å². The Morgan fingerprint density at radius 2 is 2.22 bits per heavy atom. The topological polar surface area (TPSA) is 73.2 Å². The summed E-state index contributed by atoms with van der Waals surface area (Å²) in [4.78, 5) is 24.4. The number of nitrogens with zero attached hydrogens (tertiary/aromatic N) is 2. The van der Waals surface area contributed by atoms with Crippen LogP contribution in [-0.4, -0.2) is 15.7 Å². The third-order valence-corrected chi connectivity index (χ3v) is 3.82. The highest BCUT2D eigenvalue weighted by molar-refractivity contribution is 5.93. The molecule has 0 radical (unpaired) electrons. The van der Waals surface area contributed by atoms with E-state index in [1.807, 2.05) is 6.92 Å². The molecule has 0 saturated carbocycles. The molecule has 6 nitrogen and oxygen atoms in total. The quantitative estimate of drug-likeness (QED) is 0.941. The van der Waals surface area contributed by atoms with Crippen molar-refractivity contribution in [2.24, 2.45) is 0 Å². The third kappa shape index (κ3) is 2.87. The molecule has 23 heavy (non-hydrogen) atoms. The normalized spacial score (nSPS) is 17.6. The first-order chi connectivity index (χ1) is 11.0. The van der Waals surface area contributed by atoms with E-state index >= 15 is 0 Å². The van der Waals surface area contributed by atoms with Crippen LogP contribution in [0.5, 0.6) is 0 Å². The van der Waals surface area contributed by atoms with E-state index in [0.717, 1.165) is 10.2 Å². The molecular weight excluding hydrogens is 301 g/mol. The van der Waals surface area contributed by atoms with Crippen molar-refractivity contribution in [1.29, 1.82) is 0 Å².